The summed E-state index contributed by atoms with van der Waals surface area (Å²) in [6.45, 7) is 3.65. The van der Waals surface area contributed by atoms with Crippen molar-refractivity contribution < 1.29 is 13.2 Å². The maximum Gasteiger partial charge on any atom is 0.252 e. The molecule has 134 valence electrons. The molecule has 0 spiro atoms. The molecule has 5 nitrogen and oxygen atoms in total. The van der Waals surface area contributed by atoms with Crippen LogP contribution in [0.3, 0.4) is 0 Å². The number of nitrogens with zero attached hydrogens (tertiary/aromatic N) is 2. The van der Waals surface area contributed by atoms with Crippen LogP contribution in [0.15, 0.2) is 52.1 Å². The molecule has 0 saturated carbocycles. The molecule has 1 atom stereocenters. The zero-order valence-electron chi connectivity index (χ0n) is 14.2. The van der Waals surface area contributed by atoms with E-state index in [2.05, 4.69) is 0 Å². The Hall–Kier alpha value is -1.70. The molecule has 0 unspecified atom stereocenters. The summed E-state index contributed by atoms with van der Waals surface area (Å²) in [4.78, 5) is 14.3. The number of piperazine rings is 1. The van der Waals surface area contributed by atoms with Crippen LogP contribution in [0.1, 0.15) is 24.8 Å². The lowest BCUT2D eigenvalue weighted by molar-refractivity contribution is -0.132. The van der Waals surface area contributed by atoms with Gasteiger partial charge in [-0.05, 0) is 22.9 Å². The van der Waals surface area contributed by atoms with Gasteiger partial charge in [0.05, 0.1) is 0 Å². The largest absolute Gasteiger partial charge is 0.340 e. The van der Waals surface area contributed by atoms with Crippen molar-refractivity contribution in [1.82, 2.24) is 9.21 Å². The second-order valence-electron chi connectivity index (χ2n) is 6.23. The van der Waals surface area contributed by atoms with Gasteiger partial charge in [0.2, 0.25) is 5.91 Å². The Morgan fingerprint density at radius 3 is 2.36 bits per heavy atom. The molecular weight excluding hydrogens is 356 g/mol. The Bertz CT molecular complexity index is 796. The van der Waals surface area contributed by atoms with Crippen molar-refractivity contribution in [3.63, 3.8) is 0 Å². The fourth-order valence-corrected chi connectivity index (χ4v) is 5.57. The predicted octanol–water partition coefficient (Wildman–Crippen LogP) is 2.77. The normalized spacial score (nSPS) is 17.4. The van der Waals surface area contributed by atoms with E-state index in [4.69, 9.17) is 0 Å². The van der Waals surface area contributed by atoms with Gasteiger partial charge in [0.1, 0.15) is 4.21 Å². The second-order valence-corrected chi connectivity index (χ2v) is 9.35. The third-order valence-electron chi connectivity index (χ3n) is 4.53. The molecule has 1 aliphatic rings. The first-order chi connectivity index (χ1) is 12.0. The fourth-order valence-electron chi connectivity index (χ4n) is 3.01. The van der Waals surface area contributed by atoms with Crippen LogP contribution < -0.4 is 0 Å². The molecular formula is C18H22N2O3S2. The molecule has 0 bridgehead atoms. The molecule has 1 aliphatic heterocycles. The number of sulfonamides is 1. The highest BCUT2D eigenvalue weighted by atomic mass is 32.2. The highest BCUT2D eigenvalue weighted by molar-refractivity contribution is 7.91. The van der Waals surface area contributed by atoms with Gasteiger partial charge in [0, 0.05) is 32.6 Å². The van der Waals surface area contributed by atoms with E-state index >= 15 is 0 Å². The Morgan fingerprint density at radius 2 is 1.76 bits per heavy atom. The third-order valence-corrected chi connectivity index (χ3v) is 7.80. The van der Waals surface area contributed by atoms with Gasteiger partial charge in [-0.25, -0.2) is 8.42 Å². The van der Waals surface area contributed by atoms with Crippen LogP contribution in [0.25, 0.3) is 0 Å². The van der Waals surface area contributed by atoms with Gasteiger partial charge in [-0.2, -0.15) is 4.31 Å². The van der Waals surface area contributed by atoms with Crippen LogP contribution in [-0.4, -0.2) is 49.7 Å². The summed E-state index contributed by atoms with van der Waals surface area (Å²) in [5.41, 5.74) is 1.15. The van der Waals surface area contributed by atoms with Gasteiger partial charge in [0.25, 0.3) is 10.0 Å². The van der Waals surface area contributed by atoms with E-state index in [-0.39, 0.29) is 11.8 Å². The van der Waals surface area contributed by atoms with E-state index in [9.17, 15) is 13.2 Å². The van der Waals surface area contributed by atoms with Gasteiger partial charge >= 0.3 is 0 Å². The standard InChI is InChI=1S/C18H22N2O3S2/c1-15(16-6-3-2-4-7-16)14-17(21)19-9-11-20(12-10-19)25(22,23)18-8-5-13-24-18/h2-8,13,15H,9-12,14H2,1H3/t15-/m0/s1. The number of hydrogen-bond acceptors (Lipinski definition) is 4. The van der Waals surface area contributed by atoms with Crippen molar-refractivity contribution in [3.05, 3.63) is 53.4 Å². The van der Waals surface area contributed by atoms with Crippen molar-refractivity contribution in [2.24, 2.45) is 0 Å². The number of carbonyl (C=O) groups is 1. The van der Waals surface area contributed by atoms with Gasteiger partial charge < -0.3 is 4.90 Å². The average molecular weight is 379 g/mol. The Morgan fingerprint density at radius 1 is 1.08 bits per heavy atom. The lowest BCUT2D eigenvalue weighted by Gasteiger charge is -2.34. The molecule has 1 aromatic carbocycles. The first-order valence-corrected chi connectivity index (χ1v) is 10.7. The Kier molecular flexibility index (Phi) is 5.56. The van der Waals surface area contributed by atoms with E-state index < -0.39 is 10.0 Å². The highest BCUT2D eigenvalue weighted by Gasteiger charge is 2.30. The van der Waals surface area contributed by atoms with Crippen LogP contribution in [-0.2, 0) is 14.8 Å². The number of rotatable bonds is 5. The Labute approximate surface area is 152 Å². The molecule has 7 heteroatoms. The molecule has 3 rings (SSSR count). The maximum absolute atomic E-state index is 12.5. The predicted molar refractivity (Wildman–Crippen MR) is 99.1 cm³/mol. The van der Waals surface area contributed by atoms with E-state index in [1.807, 2.05) is 37.3 Å². The average Bonchev–Trinajstić information content (AvgIpc) is 3.18. The minimum Gasteiger partial charge on any atom is -0.340 e. The number of benzene rings is 1. The van der Waals surface area contributed by atoms with Gasteiger partial charge in [0.15, 0.2) is 0 Å². The molecule has 1 fully saturated rings. The molecule has 0 N–H and O–H groups in total. The molecule has 1 amide bonds. The van der Waals surface area contributed by atoms with Crippen molar-refractivity contribution in [3.8, 4) is 0 Å². The van der Waals surface area contributed by atoms with Crippen molar-refractivity contribution >= 4 is 27.3 Å². The molecule has 2 aromatic rings. The van der Waals surface area contributed by atoms with E-state index in [0.717, 1.165) is 5.56 Å². The summed E-state index contributed by atoms with van der Waals surface area (Å²) in [5, 5.41) is 1.76. The molecule has 25 heavy (non-hydrogen) atoms. The summed E-state index contributed by atoms with van der Waals surface area (Å²) in [6.07, 6.45) is 0.446. The molecule has 1 aromatic heterocycles. The van der Waals surface area contributed by atoms with Crippen molar-refractivity contribution in [1.29, 1.82) is 0 Å². The zero-order valence-corrected chi connectivity index (χ0v) is 15.8. The van der Waals surface area contributed by atoms with Gasteiger partial charge in [-0.15, -0.1) is 11.3 Å². The topological polar surface area (TPSA) is 57.7 Å². The number of thiophene rings is 1. The summed E-state index contributed by atoms with van der Waals surface area (Å²) >= 11 is 1.23. The first kappa shape index (κ1) is 18.1. The zero-order chi connectivity index (χ0) is 17.9. The van der Waals surface area contributed by atoms with E-state index in [0.29, 0.717) is 36.8 Å². The van der Waals surface area contributed by atoms with Crippen molar-refractivity contribution in [2.45, 2.75) is 23.5 Å². The number of hydrogen-bond donors (Lipinski definition) is 0. The minimum atomic E-state index is -3.42. The molecule has 2 heterocycles. The number of carbonyl (C=O) groups excluding carboxylic acids is 1. The molecule has 1 saturated heterocycles. The van der Waals surface area contributed by atoms with Gasteiger partial charge in [-0.3, -0.25) is 4.79 Å². The maximum atomic E-state index is 12.5. The summed E-state index contributed by atoms with van der Waals surface area (Å²) in [7, 11) is -3.42. The van der Waals surface area contributed by atoms with Crippen LogP contribution in [0.5, 0.6) is 0 Å². The quantitative estimate of drug-likeness (QED) is 0.804. The molecule has 0 radical (unpaired) electrons. The molecule has 0 aliphatic carbocycles. The SMILES string of the molecule is C[C@@H](CC(=O)N1CCN(S(=O)(=O)c2cccs2)CC1)c1ccccc1. The van der Waals surface area contributed by atoms with Crippen LogP contribution in [0.4, 0.5) is 0 Å². The lowest BCUT2D eigenvalue weighted by atomic mass is 9.97. The lowest BCUT2D eigenvalue weighted by Crippen LogP contribution is -2.50. The Balaban J connectivity index is 1.56. The minimum absolute atomic E-state index is 0.0875. The summed E-state index contributed by atoms with van der Waals surface area (Å²) in [6, 6.07) is 13.3. The summed E-state index contributed by atoms with van der Waals surface area (Å²) < 4.78 is 26.9. The van der Waals surface area contributed by atoms with Crippen molar-refractivity contribution in [2.75, 3.05) is 26.2 Å². The second kappa shape index (κ2) is 7.68. The number of amides is 1. The first-order valence-electron chi connectivity index (χ1n) is 8.35. The monoisotopic (exact) mass is 378 g/mol. The van der Waals surface area contributed by atoms with Gasteiger partial charge in [-0.1, -0.05) is 43.3 Å². The third kappa shape index (κ3) is 4.11. The highest BCUT2D eigenvalue weighted by Crippen LogP contribution is 2.23. The van der Waals surface area contributed by atoms with E-state index in [1.165, 1.54) is 15.6 Å². The fraction of sp³-hybridized carbons (Fsp3) is 0.389. The smallest absolute Gasteiger partial charge is 0.252 e. The summed E-state index contributed by atoms with van der Waals surface area (Å²) in [5.74, 6) is 0.242. The van der Waals surface area contributed by atoms with Crippen LogP contribution in [0.2, 0.25) is 0 Å². The van der Waals surface area contributed by atoms with Crippen LogP contribution in [0, 0.1) is 0 Å². The van der Waals surface area contributed by atoms with E-state index in [1.54, 1.807) is 22.4 Å². The van der Waals surface area contributed by atoms with Crippen LogP contribution >= 0.6 is 11.3 Å².